The highest BCUT2D eigenvalue weighted by Crippen LogP contribution is 2.24. The van der Waals surface area contributed by atoms with E-state index in [9.17, 15) is 4.79 Å². The largest absolute Gasteiger partial charge is 0.497 e. The van der Waals surface area contributed by atoms with Crippen molar-refractivity contribution >= 4 is 23.3 Å². The van der Waals surface area contributed by atoms with Crippen LogP contribution in [-0.4, -0.2) is 18.1 Å². The number of aryl methyl sites for hydroxylation is 2. The third-order valence-corrected chi connectivity index (χ3v) is 4.48. The lowest BCUT2D eigenvalue weighted by molar-refractivity contribution is 0.251. The number of aromatic nitrogens is 1. The molecule has 7 heteroatoms. The Bertz CT molecular complexity index is 952. The first-order chi connectivity index (χ1) is 13.0. The number of carbonyl (C=O) groups is 1. The predicted molar refractivity (Wildman–Crippen MR) is 105 cm³/mol. The minimum absolute atomic E-state index is 0.247. The molecule has 3 rings (SSSR count). The molecule has 27 heavy (non-hydrogen) atoms. The summed E-state index contributed by atoms with van der Waals surface area (Å²) in [5.41, 5.74) is 3.08. The molecule has 0 bridgehead atoms. The number of oxazole rings is 1. The third-order valence-electron chi connectivity index (χ3n) is 4.08. The van der Waals surface area contributed by atoms with Crippen LogP contribution < -0.4 is 15.4 Å². The summed E-state index contributed by atoms with van der Waals surface area (Å²) in [6.07, 6.45) is 0. The molecule has 0 aliphatic rings. The fourth-order valence-electron chi connectivity index (χ4n) is 2.46. The molecule has 0 spiro atoms. The smallest absolute Gasteiger partial charge is 0.319 e. The van der Waals surface area contributed by atoms with Crippen molar-refractivity contribution in [3.05, 3.63) is 64.5 Å². The predicted octanol–water partition coefficient (Wildman–Crippen LogP) is 4.94. The SMILES string of the molecule is COc1ccc(-c2nc(CNC(=O)Nc3ccc(C)c(Cl)c3)c(C)o2)cc1. The number of amides is 2. The molecule has 0 saturated carbocycles. The van der Waals surface area contributed by atoms with Gasteiger partial charge in [0.25, 0.3) is 0 Å². The molecule has 2 amide bonds. The Balaban J connectivity index is 1.62. The molecular weight excluding hydrogens is 366 g/mol. The minimum Gasteiger partial charge on any atom is -0.497 e. The van der Waals surface area contributed by atoms with E-state index >= 15 is 0 Å². The number of anilines is 1. The zero-order valence-electron chi connectivity index (χ0n) is 15.3. The van der Waals surface area contributed by atoms with Gasteiger partial charge >= 0.3 is 6.03 Å². The molecule has 0 aliphatic carbocycles. The van der Waals surface area contributed by atoms with Crippen molar-refractivity contribution in [2.24, 2.45) is 0 Å². The number of nitrogens with one attached hydrogen (secondary N) is 2. The summed E-state index contributed by atoms with van der Waals surface area (Å²) in [6, 6.07) is 12.4. The summed E-state index contributed by atoms with van der Waals surface area (Å²) in [5, 5.41) is 6.11. The van der Waals surface area contributed by atoms with Gasteiger partial charge in [-0.1, -0.05) is 17.7 Å². The van der Waals surface area contributed by atoms with Gasteiger partial charge in [0.05, 0.1) is 13.7 Å². The van der Waals surface area contributed by atoms with E-state index in [2.05, 4.69) is 15.6 Å². The van der Waals surface area contributed by atoms with Gasteiger partial charge in [-0.05, 0) is 55.8 Å². The second-order valence-corrected chi connectivity index (χ2v) is 6.43. The van der Waals surface area contributed by atoms with Crippen molar-refractivity contribution in [3.63, 3.8) is 0 Å². The van der Waals surface area contributed by atoms with Crippen LogP contribution in [0, 0.1) is 13.8 Å². The Labute approximate surface area is 162 Å². The van der Waals surface area contributed by atoms with Crippen LogP contribution in [-0.2, 0) is 6.54 Å². The highest BCUT2D eigenvalue weighted by atomic mass is 35.5. The first-order valence-corrected chi connectivity index (χ1v) is 8.76. The number of ether oxygens (including phenoxy) is 1. The van der Waals surface area contributed by atoms with E-state index in [0.29, 0.717) is 28.1 Å². The number of urea groups is 1. The third kappa shape index (κ3) is 4.60. The van der Waals surface area contributed by atoms with Crippen LogP contribution in [0.3, 0.4) is 0 Å². The van der Waals surface area contributed by atoms with Crippen LogP contribution in [0.2, 0.25) is 5.02 Å². The van der Waals surface area contributed by atoms with Crippen LogP contribution in [0.25, 0.3) is 11.5 Å². The van der Waals surface area contributed by atoms with E-state index in [-0.39, 0.29) is 12.6 Å². The number of methoxy groups -OCH3 is 1. The van der Waals surface area contributed by atoms with Crippen molar-refractivity contribution in [2.45, 2.75) is 20.4 Å². The van der Waals surface area contributed by atoms with Gasteiger partial charge in [0, 0.05) is 16.3 Å². The molecule has 140 valence electrons. The molecule has 2 N–H and O–H groups in total. The van der Waals surface area contributed by atoms with Crippen molar-refractivity contribution < 1.29 is 13.9 Å². The molecule has 3 aromatic rings. The summed E-state index contributed by atoms with van der Waals surface area (Å²) in [4.78, 5) is 16.6. The number of hydrogen-bond donors (Lipinski definition) is 2. The van der Waals surface area contributed by atoms with Crippen LogP contribution in [0.1, 0.15) is 17.0 Å². The molecule has 0 radical (unpaired) electrons. The lowest BCUT2D eigenvalue weighted by Gasteiger charge is -2.08. The van der Waals surface area contributed by atoms with Crippen LogP contribution in [0.4, 0.5) is 10.5 Å². The zero-order chi connectivity index (χ0) is 19.4. The van der Waals surface area contributed by atoms with Crippen molar-refractivity contribution in [2.75, 3.05) is 12.4 Å². The standard InChI is InChI=1S/C20H20ClN3O3/c1-12-4-7-15(10-17(12)21)23-20(25)22-11-18-13(2)27-19(24-18)14-5-8-16(26-3)9-6-14/h4-10H,11H2,1-3H3,(H2,22,23,25). The van der Waals surface area contributed by atoms with E-state index in [4.69, 9.17) is 20.8 Å². The topological polar surface area (TPSA) is 76.4 Å². The van der Waals surface area contributed by atoms with E-state index < -0.39 is 0 Å². The Morgan fingerprint density at radius 1 is 1.19 bits per heavy atom. The molecule has 0 atom stereocenters. The maximum absolute atomic E-state index is 12.1. The zero-order valence-corrected chi connectivity index (χ0v) is 16.1. The van der Waals surface area contributed by atoms with Crippen LogP contribution in [0.15, 0.2) is 46.9 Å². The highest BCUT2D eigenvalue weighted by molar-refractivity contribution is 6.31. The summed E-state index contributed by atoms with van der Waals surface area (Å²) in [7, 11) is 1.61. The number of nitrogens with zero attached hydrogens (tertiary/aromatic N) is 1. The number of rotatable bonds is 5. The molecule has 0 saturated heterocycles. The number of benzene rings is 2. The van der Waals surface area contributed by atoms with Crippen molar-refractivity contribution in [1.82, 2.24) is 10.3 Å². The number of carbonyl (C=O) groups excluding carboxylic acids is 1. The average molecular weight is 386 g/mol. The summed E-state index contributed by atoms with van der Waals surface area (Å²) < 4.78 is 10.9. The Kier molecular flexibility index (Phi) is 5.66. The van der Waals surface area contributed by atoms with E-state index in [0.717, 1.165) is 16.9 Å². The van der Waals surface area contributed by atoms with Crippen molar-refractivity contribution in [1.29, 1.82) is 0 Å². The molecule has 0 unspecified atom stereocenters. The van der Waals surface area contributed by atoms with Crippen LogP contribution in [0.5, 0.6) is 5.75 Å². The lowest BCUT2D eigenvalue weighted by Crippen LogP contribution is -2.28. The Hall–Kier alpha value is -2.99. The highest BCUT2D eigenvalue weighted by Gasteiger charge is 2.13. The van der Waals surface area contributed by atoms with Gasteiger partial charge in [-0.25, -0.2) is 9.78 Å². The Morgan fingerprint density at radius 2 is 1.93 bits per heavy atom. The quantitative estimate of drug-likeness (QED) is 0.652. The molecule has 6 nitrogen and oxygen atoms in total. The maximum atomic E-state index is 12.1. The molecule has 0 aliphatic heterocycles. The fourth-order valence-corrected chi connectivity index (χ4v) is 2.64. The maximum Gasteiger partial charge on any atom is 0.319 e. The first kappa shape index (κ1) is 18.8. The molecular formula is C20H20ClN3O3. The summed E-state index contributed by atoms with van der Waals surface area (Å²) in [5.74, 6) is 1.91. The summed E-state index contributed by atoms with van der Waals surface area (Å²) >= 11 is 6.07. The van der Waals surface area contributed by atoms with Gasteiger partial charge in [0.15, 0.2) is 0 Å². The van der Waals surface area contributed by atoms with Crippen molar-refractivity contribution in [3.8, 4) is 17.2 Å². The van der Waals surface area contributed by atoms with E-state index in [1.165, 1.54) is 0 Å². The van der Waals surface area contributed by atoms with Gasteiger partial charge in [-0.15, -0.1) is 0 Å². The number of hydrogen-bond acceptors (Lipinski definition) is 4. The second-order valence-electron chi connectivity index (χ2n) is 6.02. The normalized spacial score (nSPS) is 10.5. The monoisotopic (exact) mass is 385 g/mol. The molecule has 1 aromatic heterocycles. The van der Waals surface area contributed by atoms with Gasteiger partial charge in [-0.3, -0.25) is 0 Å². The molecule has 2 aromatic carbocycles. The Morgan fingerprint density at radius 3 is 2.59 bits per heavy atom. The minimum atomic E-state index is -0.344. The fraction of sp³-hybridized carbons (Fsp3) is 0.200. The summed E-state index contributed by atoms with van der Waals surface area (Å²) in [6.45, 7) is 3.96. The van der Waals surface area contributed by atoms with Gasteiger partial charge in [0.1, 0.15) is 17.2 Å². The molecule has 0 fully saturated rings. The second kappa shape index (κ2) is 8.14. The van der Waals surface area contributed by atoms with E-state index in [1.807, 2.05) is 44.2 Å². The van der Waals surface area contributed by atoms with Gasteiger partial charge in [-0.2, -0.15) is 0 Å². The lowest BCUT2D eigenvalue weighted by atomic mass is 10.2. The number of halogens is 1. The van der Waals surface area contributed by atoms with Crippen LogP contribution >= 0.6 is 11.6 Å². The van der Waals surface area contributed by atoms with Gasteiger partial charge in [0.2, 0.25) is 5.89 Å². The van der Waals surface area contributed by atoms with Gasteiger partial charge < -0.3 is 19.8 Å². The molecule has 1 heterocycles. The first-order valence-electron chi connectivity index (χ1n) is 8.38. The average Bonchev–Trinajstić information content (AvgIpc) is 3.04. The van der Waals surface area contributed by atoms with E-state index in [1.54, 1.807) is 19.2 Å².